The van der Waals surface area contributed by atoms with Crippen LogP contribution in [0.3, 0.4) is 0 Å². The van der Waals surface area contributed by atoms with Gasteiger partial charge < -0.3 is 140 Å². The molecule has 514 valence electrons. The molecule has 10 fully saturated rings. The first kappa shape index (κ1) is 68.8. The molecule has 32 nitrogen and oxygen atoms in total. The molecule has 10 saturated heterocycles. The van der Waals surface area contributed by atoms with Gasteiger partial charge in [0.25, 0.3) is 5.97 Å². The summed E-state index contributed by atoms with van der Waals surface area (Å²) in [6.45, 7) is 13.2. The number of ketones is 1. The van der Waals surface area contributed by atoms with Crippen molar-refractivity contribution in [2.75, 3.05) is 47.9 Å². The third-order valence-corrected chi connectivity index (χ3v) is 18.6. The lowest BCUT2D eigenvalue weighted by Crippen LogP contribution is -2.72. The Hall–Kier alpha value is -3.57. The summed E-state index contributed by atoms with van der Waals surface area (Å²) in [5.74, 6) is -7.46. The molecule has 0 saturated carbocycles. The topological polar surface area (TPSA) is 396 Å². The minimum Gasteiger partial charge on any atom is -0.508 e. The zero-order valence-corrected chi connectivity index (χ0v) is 52.5. The number of carbonyl (C=O) groups is 3. The van der Waals surface area contributed by atoms with Gasteiger partial charge in [0.2, 0.25) is 6.29 Å². The van der Waals surface area contributed by atoms with Gasteiger partial charge in [0.1, 0.15) is 103 Å². The van der Waals surface area contributed by atoms with E-state index in [2.05, 4.69) is 0 Å². The normalized spacial score (nSPS) is 48.1. The van der Waals surface area contributed by atoms with Gasteiger partial charge in [0.15, 0.2) is 54.9 Å². The van der Waals surface area contributed by atoms with Crippen molar-refractivity contribution in [2.45, 2.75) is 264 Å². The first-order valence-corrected chi connectivity index (χ1v) is 30.6. The first-order chi connectivity index (χ1) is 43.1. The number of ether oxygens (including phenoxy) is 22. The Morgan fingerprint density at radius 2 is 1.38 bits per heavy atom. The van der Waals surface area contributed by atoms with Crippen molar-refractivity contribution in [1.29, 1.82) is 0 Å². The quantitative estimate of drug-likeness (QED) is 0.0925. The molecule has 32 heteroatoms. The van der Waals surface area contributed by atoms with Gasteiger partial charge >= 0.3 is 17.9 Å². The van der Waals surface area contributed by atoms with Gasteiger partial charge in [-0.25, -0.2) is 4.79 Å². The second-order valence-corrected chi connectivity index (χ2v) is 25.4. The second kappa shape index (κ2) is 26.8. The van der Waals surface area contributed by atoms with Crippen molar-refractivity contribution in [3.63, 3.8) is 0 Å². The largest absolute Gasteiger partial charge is 0.508 e. The molecule has 1 unspecified atom stereocenters. The molecule has 1 aromatic rings. The zero-order chi connectivity index (χ0) is 65.6. The van der Waals surface area contributed by atoms with E-state index in [0.717, 1.165) is 6.07 Å². The Morgan fingerprint density at radius 3 is 2.05 bits per heavy atom. The molecule has 2 spiro atoms. The fourth-order valence-corrected chi connectivity index (χ4v) is 14.0. The van der Waals surface area contributed by atoms with E-state index in [1.807, 2.05) is 0 Å². The number of benzene rings is 1. The van der Waals surface area contributed by atoms with Crippen molar-refractivity contribution < 1.29 is 154 Å². The Morgan fingerprint density at radius 1 is 0.670 bits per heavy atom. The molecule has 91 heavy (non-hydrogen) atoms. The van der Waals surface area contributed by atoms with Crippen LogP contribution in [0.4, 0.5) is 0 Å². The van der Waals surface area contributed by atoms with E-state index in [-0.39, 0.29) is 62.8 Å². The van der Waals surface area contributed by atoms with Gasteiger partial charge in [0, 0.05) is 40.2 Å². The van der Waals surface area contributed by atoms with Crippen molar-refractivity contribution >= 4 is 17.7 Å². The number of aromatic hydroxyl groups is 2. The average molecular weight is 1310 g/mol. The van der Waals surface area contributed by atoms with E-state index >= 15 is 0 Å². The number of esters is 2. The van der Waals surface area contributed by atoms with E-state index in [4.69, 9.17) is 104 Å². The van der Waals surface area contributed by atoms with Crippen LogP contribution < -0.4 is 0 Å². The monoisotopic (exact) mass is 1310 g/mol. The Bertz CT molecular complexity index is 2690. The van der Waals surface area contributed by atoms with E-state index in [1.165, 1.54) is 48.2 Å². The highest BCUT2D eigenvalue weighted by Crippen LogP contribution is 2.52. The zero-order valence-electron chi connectivity index (χ0n) is 52.5. The fraction of sp³-hybridized carbons (Fsp3) is 0.847. The number of phenols is 2. The third kappa shape index (κ3) is 12.9. The maximum atomic E-state index is 13.4. The molecule has 0 aromatic heterocycles. The number of fused-ring (bicyclic) bond motifs is 4. The van der Waals surface area contributed by atoms with Crippen LogP contribution in [0.2, 0.25) is 0 Å². The van der Waals surface area contributed by atoms with Gasteiger partial charge in [-0.3, -0.25) is 9.59 Å². The van der Waals surface area contributed by atoms with Crippen molar-refractivity contribution in [3.8, 4) is 11.5 Å². The van der Waals surface area contributed by atoms with Crippen LogP contribution in [0.25, 0.3) is 0 Å². The number of carbonyl (C=O) groups excluding carboxylic acids is 3. The number of hydrogen-bond acceptors (Lipinski definition) is 32. The van der Waals surface area contributed by atoms with E-state index in [1.54, 1.807) is 41.5 Å². The molecular weight excluding hydrogens is 1220 g/mol. The Kier molecular flexibility index (Phi) is 20.3. The van der Waals surface area contributed by atoms with E-state index < -0.39 is 212 Å². The van der Waals surface area contributed by atoms with E-state index in [0.29, 0.717) is 0 Å². The molecule has 0 radical (unpaired) electrons. The van der Waals surface area contributed by atoms with Crippen molar-refractivity contribution in [2.24, 2.45) is 5.92 Å². The number of phenolic OH excluding ortho intramolecular Hbond substituents is 2. The molecule has 30 atom stereocenters. The number of aliphatic hydroxyl groups excluding tert-OH is 4. The molecule has 10 aliphatic heterocycles. The van der Waals surface area contributed by atoms with Crippen LogP contribution in [-0.4, -0.2) is 284 Å². The van der Waals surface area contributed by atoms with Gasteiger partial charge in [-0.15, -0.1) is 0 Å². The second-order valence-electron chi connectivity index (χ2n) is 25.4. The van der Waals surface area contributed by atoms with Gasteiger partial charge in [-0.1, -0.05) is 13.8 Å². The summed E-state index contributed by atoms with van der Waals surface area (Å²) in [4.78, 5) is 39.3. The highest BCUT2D eigenvalue weighted by atomic mass is 16.9. The number of methoxy groups -OCH3 is 3. The average Bonchev–Trinajstić information content (AvgIpc) is 1.59. The molecule has 11 rings (SSSR count). The van der Waals surface area contributed by atoms with Crippen LogP contribution in [0, 0.1) is 12.8 Å². The van der Waals surface area contributed by atoms with Crippen LogP contribution in [0.5, 0.6) is 11.5 Å². The summed E-state index contributed by atoms with van der Waals surface area (Å²) in [7, 11) is 4.09. The molecule has 10 aliphatic rings. The summed E-state index contributed by atoms with van der Waals surface area (Å²) >= 11 is 0. The molecule has 0 aliphatic carbocycles. The molecule has 0 bridgehead atoms. The van der Waals surface area contributed by atoms with Gasteiger partial charge in [-0.2, -0.15) is 0 Å². The minimum absolute atomic E-state index is 0.0153. The molecule has 0 amide bonds. The van der Waals surface area contributed by atoms with Crippen molar-refractivity contribution in [1.82, 2.24) is 0 Å². The number of aliphatic hydroxyl groups is 5. The predicted octanol–water partition coefficient (Wildman–Crippen LogP) is -0.946. The predicted molar refractivity (Wildman–Crippen MR) is 293 cm³/mol. The Labute approximate surface area is 523 Å². The van der Waals surface area contributed by atoms with Crippen LogP contribution in [0.15, 0.2) is 12.1 Å². The summed E-state index contributed by atoms with van der Waals surface area (Å²) < 4.78 is 136. The maximum Gasteiger partial charge on any atom is 0.342 e. The molecule has 10 heterocycles. The lowest BCUT2D eigenvalue weighted by molar-refractivity contribution is -0.428. The lowest BCUT2D eigenvalue weighted by atomic mass is 9.81. The van der Waals surface area contributed by atoms with E-state index in [9.17, 15) is 50.1 Å². The van der Waals surface area contributed by atoms with Crippen LogP contribution >= 0.6 is 0 Å². The number of hydrogen-bond donors (Lipinski definition) is 7. The summed E-state index contributed by atoms with van der Waals surface area (Å²) in [5.41, 5.74) is -3.22. The van der Waals surface area contributed by atoms with Gasteiger partial charge in [-0.05, 0) is 60.1 Å². The fourth-order valence-electron chi connectivity index (χ4n) is 14.0. The molecule has 7 N–H and O–H groups in total. The first-order valence-electron chi connectivity index (χ1n) is 30.6. The smallest absolute Gasteiger partial charge is 0.342 e. The van der Waals surface area contributed by atoms with Crippen molar-refractivity contribution in [3.05, 3.63) is 23.3 Å². The third-order valence-electron chi connectivity index (χ3n) is 18.6. The number of Topliss-reactive ketones (excluding diaryl/α,β-unsaturated/α-hetero) is 1. The van der Waals surface area contributed by atoms with Crippen LogP contribution in [0.1, 0.15) is 90.6 Å². The lowest BCUT2D eigenvalue weighted by Gasteiger charge is -2.49. The maximum absolute atomic E-state index is 13.4. The standard InChI is InChI=1S/C59H86O32/c1-22(2)51(67)83-47-45-35(88-59(89-45)50-49(75-21-76-50)58(69,27(7)60)28(8)87-59)20-74-54(47)85-55-46(72-12)39(65)44(34(79-55)18-70-10)84-53-40(66)43(33(71-11)19-73-53)81-37-17-56(9)48(26(6)78-37)90-57(91-56)16-32(64)42(25(5)86-57)80-36-15-31(63)41(24(4)77-36)82-52(68)38-23(3)13-29(61)14-30(38)62/h13-14,22,24-26,28,31-37,39-50,53-55,61-66,69H,15-21H2,1-12H3/t24-,25-,26-,28-,31-,32-,33+,34-,35+,36+,37+,39+,40-,41-,42-,43+,44-,45-,46+,47-,48-,49-,50-,53+,54-,55+,56-,57?,58+,59-/m1/s1. The summed E-state index contributed by atoms with van der Waals surface area (Å²) in [6, 6.07) is 2.29. The van der Waals surface area contributed by atoms with Crippen LogP contribution in [-0.2, 0) is 114 Å². The minimum atomic E-state index is -2.12. The van der Waals surface area contributed by atoms with Gasteiger partial charge in [0.05, 0.1) is 68.8 Å². The number of rotatable bonds is 17. The molecular formula is C59H86O32. The number of aryl methyl sites for hydroxylation is 1. The summed E-state index contributed by atoms with van der Waals surface area (Å²) in [5, 5.41) is 78.9. The highest BCUT2D eigenvalue weighted by molar-refractivity contribution is 5.94. The SMILES string of the molecule is COC[C@H]1O[C@@H](O[C@H]2OC[C@@H]3O[C@]4(O[C@H]3[C@H]2OC(=O)C(C)C)O[C@H](C)[C@@](O)(C(C)=O)[C@@H]2OCO[C@H]24)[C@@H](OC)[C@@H](O)[C@@H]1O[C@@H]1OC[C@H](OC)[C@H](O[C@H]2C[C@@]3(C)OC4(C[C@@H](O)[C@H](O[C@H]5C[C@@H](O)[C@H](OC(=O)c6c(C)cc(O)cc6O)[C@@H](C)O5)[C@@H](C)O4)O[C@@H]3[C@@H](C)O2)[C@H]1O. The summed E-state index contributed by atoms with van der Waals surface area (Å²) in [6.07, 6.45) is -31.5. The Balaban J connectivity index is 0.716. The molecule has 1 aromatic carbocycles. The highest BCUT2D eigenvalue weighted by Gasteiger charge is 2.73.